The van der Waals surface area contributed by atoms with Crippen LogP contribution >= 0.6 is 0 Å². The summed E-state index contributed by atoms with van der Waals surface area (Å²) in [4.78, 5) is 62.7. The van der Waals surface area contributed by atoms with Crippen molar-refractivity contribution < 1.29 is 47.7 Å². The number of carbonyl (C=O) groups is 5. The molecule has 4 N–H and O–H groups in total. The van der Waals surface area contributed by atoms with Gasteiger partial charge in [-0.25, -0.2) is 14.4 Å². The summed E-state index contributed by atoms with van der Waals surface area (Å²) in [5, 5.41) is 4.51. The van der Waals surface area contributed by atoms with Gasteiger partial charge in [0, 0.05) is 0 Å². The highest BCUT2D eigenvalue weighted by atomic mass is 16.7. The lowest BCUT2D eigenvalue weighted by molar-refractivity contribution is -0.124. The molecule has 1 aromatic rings. The Kier molecular flexibility index (Phi) is 11.2. The molecule has 1 aliphatic rings. The Morgan fingerprint density at radius 3 is 2.05 bits per heavy atom. The van der Waals surface area contributed by atoms with Gasteiger partial charge in [0.1, 0.15) is 23.5 Å². The van der Waals surface area contributed by atoms with E-state index < -0.39 is 72.7 Å². The van der Waals surface area contributed by atoms with Crippen LogP contribution in [0.25, 0.3) is 0 Å². The first kappa shape index (κ1) is 33.0. The van der Waals surface area contributed by atoms with E-state index in [1.54, 1.807) is 65.8 Å². The lowest BCUT2D eigenvalue weighted by Crippen LogP contribution is -2.47. The number of ether oxygens (including phenoxy) is 5. The van der Waals surface area contributed by atoms with E-state index in [0.29, 0.717) is 5.75 Å². The van der Waals surface area contributed by atoms with Gasteiger partial charge < -0.3 is 40.1 Å². The van der Waals surface area contributed by atoms with Crippen LogP contribution in [0.5, 0.6) is 5.75 Å². The number of nitrogens with two attached hydrogens (primary N) is 1. The van der Waals surface area contributed by atoms with Crippen LogP contribution in [0.1, 0.15) is 47.1 Å². The molecular formula is C27H40N4O10. The summed E-state index contributed by atoms with van der Waals surface area (Å²) in [6.07, 6.45) is -4.86. The number of rotatable bonds is 9. The number of primary amides is 1. The average molecular weight is 581 g/mol. The minimum atomic E-state index is -1.18. The van der Waals surface area contributed by atoms with Crippen LogP contribution in [-0.4, -0.2) is 91.3 Å². The maximum absolute atomic E-state index is 13.3. The van der Waals surface area contributed by atoms with E-state index in [1.165, 1.54) is 12.0 Å². The number of carbonyl (C=O) groups excluding carboxylic acids is 5. The van der Waals surface area contributed by atoms with Crippen LogP contribution in [0.3, 0.4) is 0 Å². The van der Waals surface area contributed by atoms with Crippen LogP contribution in [0, 0.1) is 0 Å². The van der Waals surface area contributed by atoms with Crippen molar-refractivity contribution in [1.29, 1.82) is 0 Å². The number of likely N-dealkylation sites (tertiary alicyclic amines) is 1. The van der Waals surface area contributed by atoms with Crippen LogP contribution in [0.4, 0.5) is 14.4 Å². The molecule has 1 aromatic carbocycles. The lowest BCUT2D eigenvalue weighted by Gasteiger charge is -2.30. The van der Waals surface area contributed by atoms with E-state index in [9.17, 15) is 24.0 Å². The van der Waals surface area contributed by atoms with Crippen molar-refractivity contribution in [2.24, 2.45) is 5.73 Å². The first-order valence-corrected chi connectivity index (χ1v) is 13.0. The fourth-order valence-electron chi connectivity index (χ4n) is 3.84. The zero-order valence-electron chi connectivity index (χ0n) is 24.5. The van der Waals surface area contributed by atoms with Gasteiger partial charge in [0.25, 0.3) is 0 Å². The highest BCUT2D eigenvalue weighted by molar-refractivity contribution is 5.86. The molecular weight excluding hydrogens is 540 g/mol. The Morgan fingerprint density at radius 1 is 0.902 bits per heavy atom. The van der Waals surface area contributed by atoms with Crippen molar-refractivity contribution >= 4 is 30.2 Å². The van der Waals surface area contributed by atoms with Gasteiger partial charge in [-0.15, -0.1) is 0 Å². The van der Waals surface area contributed by atoms with Crippen LogP contribution in [-0.2, 0) is 35.0 Å². The van der Waals surface area contributed by atoms with E-state index in [2.05, 4.69) is 10.6 Å². The minimum Gasteiger partial charge on any atom is -0.497 e. The van der Waals surface area contributed by atoms with Gasteiger partial charge in [0.05, 0.1) is 26.2 Å². The maximum Gasteiger partial charge on any atom is 0.509 e. The molecule has 0 saturated carbocycles. The van der Waals surface area contributed by atoms with Crippen molar-refractivity contribution in [3.05, 3.63) is 29.8 Å². The summed E-state index contributed by atoms with van der Waals surface area (Å²) in [6, 6.07) is 6.22. The number of hydrogen-bond acceptors (Lipinski definition) is 10. The zero-order valence-corrected chi connectivity index (χ0v) is 24.5. The highest BCUT2D eigenvalue weighted by Crippen LogP contribution is 2.30. The van der Waals surface area contributed by atoms with Crippen LogP contribution in [0.15, 0.2) is 24.3 Å². The molecule has 0 bridgehead atoms. The SMILES string of the molecule is COc1ccc(C[C@@H]2[C@H](OC(=O)NCC(=O)NCC(N)=O)[C@@H](OC(=O)OC(C)(C)C)CN2C(=O)OC(C)(C)C)cc1. The fourth-order valence-corrected chi connectivity index (χ4v) is 3.84. The second-order valence-electron chi connectivity index (χ2n) is 11.3. The largest absolute Gasteiger partial charge is 0.509 e. The third-order valence-electron chi connectivity index (χ3n) is 5.49. The Labute approximate surface area is 239 Å². The molecule has 0 radical (unpaired) electrons. The predicted molar refractivity (Wildman–Crippen MR) is 145 cm³/mol. The highest BCUT2D eigenvalue weighted by Gasteiger charge is 2.50. The maximum atomic E-state index is 13.3. The summed E-state index contributed by atoms with van der Waals surface area (Å²) in [5.41, 5.74) is 4.07. The first-order valence-electron chi connectivity index (χ1n) is 13.0. The fraction of sp³-hybridized carbons (Fsp3) is 0.593. The quantitative estimate of drug-likeness (QED) is 0.288. The van der Waals surface area contributed by atoms with Crippen molar-refractivity contribution in [3.63, 3.8) is 0 Å². The summed E-state index contributed by atoms with van der Waals surface area (Å²) < 4.78 is 27.3. The van der Waals surface area contributed by atoms with Crippen molar-refractivity contribution in [1.82, 2.24) is 15.5 Å². The molecule has 3 atom stereocenters. The molecule has 1 fully saturated rings. The number of methoxy groups -OCH3 is 1. The first-order chi connectivity index (χ1) is 19.0. The summed E-state index contributed by atoms with van der Waals surface area (Å²) in [5.74, 6) is -0.811. The Balaban J connectivity index is 2.35. The van der Waals surface area contributed by atoms with Crippen LogP contribution in [0.2, 0.25) is 0 Å². The topological polar surface area (TPSA) is 185 Å². The molecule has 41 heavy (non-hydrogen) atoms. The molecule has 1 aliphatic heterocycles. The Bertz CT molecular complexity index is 1090. The molecule has 0 aliphatic carbocycles. The second kappa shape index (κ2) is 13.9. The summed E-state index contributed by atoms with van der Waals surface area (Å²) >= 11 is 0. The average Bonchev–Trinajstić information content (AvgIpc) is 3.16. The predicted octanol–water partition coefficient (Wildman–Crippen LogP) is 1.87. The molecule has 14 heteroatoms. The standard InChI is InChI=1S/C27H40N4O10/c1-26(2,3)40-24(35)31-15-19(38-25(36)41-27(4,5)6)22(18(31)12-16-8-10-17(37-7)11-9-16)39-23(34)30-14-21(33)29-13-20(28)32/h8-11,18-19,22H,12-15H2,1-7H3,(H2,28,32)(H,29,33)(H,30,34)/t18-,19+,22+/m1/s1. The molecule has 0 spiro atoms. The van der Waals surface area contributed by atoms with E-state index in [-0.39, 0.29) is 13.0 Å². The van der Waals surface area contributed by atoms with Gasteiger partial charge in [-0.2, -0.15) is 0 Å². The Morgan fingerprint density at radius 2 is 1.51 bits per heavy atom. The van der Waals surface area contributed by atoms with Crippen molar-refractivity contribution in [2.45, 2.75) is 77.4 Å². The van der Waals surface area contributed by atoms with E-state index >= 15 is 0 Å². The normalized spacial score (nSPS) is 18.6. The van der Waals surface area contributed by atoms with Gasteiger partial charge in [0.15, 0.2) is 12.2 Å². The molecule has 1 heterocycles. The number of alkyl carbamates (subject to hydrolysis) is 1. The minimum absolute atomic E-state index is 0.161. The third kappa shape index (κ3) is 11.4. The number of nitrogens with one attached hydrogen (secondary N) is 2. The molecule has 0 aromatic heterocycles. The molecule has 14 nitrogen and oxygen atoms in total. The molecule has 2 rings (SSSR count). The Hall–Kier alpha value is -4.23. The number of hydrogen-bond donors (Lipinski definition) is 3. The van der Waals surface area contributed by atoms with Gasteiger partial charge >= 0.3 is 18.3 Å². The van der Waals surface area contributed by atoms with Gasteiger partial charge in [-0.05, 0) is 65.7 Å². The molecule has 1 saturated heterocycles. The van der Waals surface area contributed by atoms with Gasteiger partial charge in [0.2, 0.25) is 11.8 Å². The van der Waals surface area contributed by atoms with Crippen molar-refractivity contribution in [2.75, 3.05) is 26.7 Å². The number of benzene rings is 1. The van der Waals surface area contributed by atoms with E-state index in [1.807, 2.05) is 0 Å². The smallest absolute Gasteiger partial charge is 0.497 e. The van der Waals surface area contributed by atoms with E-state index in [4.69, 9.17) is 29.4 Å². The van der Waals surface area contributed by atoms with Gasteiger partial charge in [-0.1, -0.05) is 12.1 Å². The van der Waals surface area contributed by atoms with E-state index in [0.717, 1.165) is 5.56 Å². The number of amides is 4. The zero-order chi connectivity index (χ0) is 31.0. The third-order valence-corrected chi connectivity index (χ3v) is 5.49. The van der Waals surface area contributed by atoms with Gasteiger partial charge in [-0.3, -0.25) is 14.5 Å². The lowest BCUT2D eigenvalue weighted by atomic mass is 10.0. The molecule has 0 unspecified atom stereocenters. The van der Waals surface area contributed by atoms with Crippen LogP contribution < -0.4 is 21.1 Å². The monoisotopic (exact) mass is 580 g/mol. The second-order valence-corrected chi connectivity index (χ2v) is 11.3. The van der Waals surface area contributed by atoms with Crippen molar-refractivity contribution in [3.8, 4) is 5.75 Å². The molecule has 4 amide bonds. The summed E-state index contributed by atoms with van der Waals surface area (Å²) in [6.45, 7) is 9.02. The summed E-state index contributed by atoms with van der Waals surface area (Å²) in [7, 11) is 1.53. The molecule has 228 valence electrons. The number of nitrogens with zero attached hydrogens (tertiary/aromatic N) is 1.